The Morgan fingerprint density at radius 1 is 0.538 bits per heavy atom. The Morgan fingerprint density at radius 3 is 1.85 bits per heavy atom. The Labute approximate surface area is 302 Å². The van der Waals surface area contributed by atoms with Crippen LogP contribution in [0.25, 0.3) is 57.1 Å². The van der Waals surface area contributed by atoms with E-state index in [9.17, 15) is 0 Å². The molecule has 0 saturated carbocycles. The van der Waals surface area contributed by atoms with Crippen molar-refractivity contribution in [3.05, 3.63) is 175 Å². The second-order valence-electron chi connectivity index (χ2n) is 13.4. The third-order valence-electron chi connectivity index (χ3n) is 10.2. The summed E-state index contributed by atoms with van der Waals surface area (Å²) in [6, 6.07) is 44.6. The number of imidazole rings is 1. The fraction of sp³-hybridized carbons (Fsp3) is 0.0870. The number of anilines is 3. The minimum atomic E-state index is 0.386. The molecule has 0 radical (unpaired) electrons. The van der Waals surface area contributed by atoms with Crippen LogP contribution in [0.5, 0.6) is 0 Å². The van der Waals surface area contributed by atoms with Crippen molar-refractivity contribution in [1.82, 2.24) is 24.5 Å². The van der Waals surface area contributed by atoms with Crippen molar-refractivity contribution >= 4 is 23.4 Å². The fourth-order valence-corrected chi connectivity index (χ4v) is 7.59. The summed E-state index contributed by atoms with van der Waals surface area (Å²) in [5.41, 5.74) is 12.0. The van der Waals surface area contributed by atoms with Crippen LogP contribution in [0.1, 0.15) is 35.7 Å². The van der Waals surface area contributed by atoms with E-state index in [1.54, 1.807) is 0 Å². The summed E-state index contributed by atoms with van der Waals surface area (Å²) in [7, 11) is 0. The fourth-order valence-electron chi connectivity index (χ4n) is 7.59. The topological polar surface area (TPSA) is 59.7 Å². The molecule has 0 fully saturated rings. The molecule has 0 bridgehead atoms. The van der Waals surface area contributed by atoms with Crippen molar-refractivity contribution in [3.63, 3.8) is 0 Å². The molecule has 0 amide bonds. The molecule has 1 atom stereocenters. The summed E-state index contributed by atoms with van der Waals surface area (Å²) in [6.45, 7) is 0. The Kier molecular flexibility index (Phi) is 7.31. The van der Waals surface area contributed by atoms with E-state index in [2.05, 4.69) is 143 Å². The zero-order valence-electron chi connectivity index (χ0n) is 28.5. The summed E-state index contributed by atoms with van der Waals surface area (Å²) in [5, 5.41) is 0. The quantitative estimate of drug-likeness (QED) is 0.182. The van der Waals surface area contributed by atoms with E-state index in [0.717, 1.165) is 75.9 Å². The summed E-state index contributed by atoms with van der Waals surface area (Å²) in [4.78, 5) is 22.6. The van der Waals surface area contributed by atoms with Crippen molar-refractivity contribution in [2.75, 3.05) is 4.90 Å². The van der Waals surface area contributed by atoms with Gasteiger partial charge in [-0.25, -0.2) is 19.9 Å². The van der Waals surface area contributed by atoms with Gasteiger partial charge in [-0.15, -0.1) is 0 Å². The summed E-state index contributed by atoms with van der Waals surface area (Å²) < 4.78 is 2.32. The number of para-hydroxylation sites is 2. The van der Waals surface area contributed by atoms with Gasteiger partial charge in [0.2, 0.25) is 5.95 Å². The number of nitrogens with zero attached hydrogens (tertiary/aromatic N) is 6. The van der Waals surface area contributed by atoms with E-state index < -0.39 is 0 Å². The first-order chi connectivity index (χ1) is 25.8. The highest BCUT2D eigenvalue weighted by atomic mass is 15.3. The zero-order chi connectivity index (χ0) is 34.4. The zero-order valence-corrected chi connectivity index (χ0v) is 28.5. The van der Waals surface area contributed by atoms with E-state index in [4.69, 9.17) is 19.9 Å². The number of allylic oxidation sites excluding steroid dienone is 5. The minimum Gasteiger partial charge on any atom is -0.280 e. The molecule has 0 spiro atoms. The molecule has 248 valence electrons. The number of hydrogen-bond acceptors (Lipinski definition) is 5. The highest BCUT2D eigenvalue weighted by Gasteiger charge is 2.31. The van der Waals surface area contributed by atoms with E-state index in [-0.39, 0.29) is 0 Å². The van der Waals surface area contributed by atoms with Gasteiger partial charge in [-0.05, 0) is 67.3 Å². The van der Waals surface area contributed by atoms with Crippen molar-refractivity contribution in [3.8, 4) is 51.0 Å². The van der Waals surface area contributed by atoms with Gasteiger partial charge in [-0.3, -0.25) is 9.47 Å². The smallest absolute Gasteiger partial charge is 0.220 e. The number of hydrogen-bond donors (Lipinski definition) is 0. The molecule has 52 heavy (non-hydrogen) atoms. The number of aryl methyl sites for hydroxylation is 1. The number of rotatable bonds is 5. The monoisotopic (exact) mass is 670 g/mol. The first kappa shape index (κ1) is 30.2. The van der Waals surface area contributed by atoms with Crippen LogP contribution in [0.15, 0.2) is 158 Å². The van der Waals surface area contributed by atoms with Gasteiger partial charge in [0, 0.05) is 39.4 Å². The van der Waals surface area contributed by atoms with Crippen LogP contribution in [-0.4, -0.2) is 24.5 Å². The molecule has 3 aliphatic rings. The summed E-state index contributed by atoms with van der Waals surface area (Å²) in [5.74, 6) is 3.20. The summed E-state index contributed by atoms with van der Waals surface area (Å²) in [6.07, 6.45) is 16.1. The molecule has 1 aliphatic heterocycles. The van der Waals surface area contributed by atoms with Gasteiger partial charge in [0.05, 0.1) is 22.8 Å². The molecule has 6 nitrogen and oxygen atoms in total. The van der Waals surface area contributed by atoms with Crippen molar-refractivity contribution in [1.29, 1.82) is 0 Å². The maximum absolute atomic E-state index is 5.31. The molecule has 2 aromatic heterocycles. The van der Waals surface area contributed by atoms with Gasteiger partial charge >= 0.3 is 0 Å². The molecule has 2 aliphatic carbocycles. The third-order valence-corrected chi connectivity index (χ3v) is 10.2. The molecule has 10 rings (SSSR count). The first-order valence-electron chi connectivity index (χ1n) is 17.9. The van der Waals surface area contributed by atoms with Crippen molar-refractivity contribution in [2.24, 2.45) is 0 Å². The lowest BCUT2D eigenvalue weighted by molar-refractivity contribution is 0.854. The Balaban J connectivity index is 1.08. The second kappa shape index (κ2) is 12.6. The molecule has 0 saturated heterocycles. The van der Waals surface area contributed by atoms with Crippen molar-refractivity contribution in [2.45, 2.75) is 25.2 Å². The Hall–Kier alpha value is -6.66. The van der Waals surface area contributed by atoms with Gasteiger partial charge in [0.25, 0.3) is 0 Å². The summed E-state index contributed by atoms with van der Waals surface area (Å²) >= 11 is 0. The lowest BCUT2D eigenvalue weighted by atomic mass is 9.92. The largest absolute Gasteiger partial charge is 0.280 e. The first-order valence-corrected chi connectivity index (χ1v) is 17.9. The molecule has 6 heteroatoms. The van der Waals surface area contributed by atoms with Crippen LogP contribution < -0.4 is 4.90 Å². The average Bonchev–Trinajstić information content (AvgIpc) is 3.55. The Bertz CT molecular complexity index is 2540. The average molecular weight is 671 g/mol. The van der Waals surface area contributed by atoms with E-state index in [0.29, 0.717) is 23.4 Å². The highest BCUT2D eigenvalue weighted by Crippen LogP contribution is 2.47. The molecule has 3 heterocycles. The van der Waals surface area contributed by atoms with E-state index >= 15 is 0 Å². The van der Waals surface area contributed by atoms with Crippen LogP contribution in [0.4, 0.5) is 17.3 Å². The maximum atomic E-state index is 5.31. The van der Waals surface area contributed by atoms with Gasteiger partial charge in [0.1, 0.15) is 0 Å². The maximum Gasteiger partial charge on any atom is 0.220 e. The second-order valence-corrected chi connectivity index (χ2v) is 13.4. The standard InChI is InChI=1S/C46H34N6/c1-3-13-31(14-4-1)32-23-25-34(26-24-32)44-48-43(33-15-5-2-6-16-33)49-45(50-44)35-27-29-36(30-28-35)51-40-20-10-7-17-37(40)38-18-8-11-21-41(38)52-42-22-12-9-19-39(42)47-46(51)52/h1-8,10-13,15-18,20-31H,9,14,19H2. The molecule has 5 aromatic carbocycles. The van der Waals surface area contributed by atoms with Gasteiger partial charge < -0.3 is 0 Å². The predicted molar refractivity (Wildman–Crippen MR) is 210 cm³/mol. The van der Waals surface area contributed by atoms with Gasteiger partial charge in [0.15, 0.2) is 17.5 Å². The van der Waals surface area contributed by atoms with Crippen LogP contribution >= 0.6 is 0 Å². The van der Waals surface area contributed by atoms with Gasteiger partial charge in [-0.1, -0.05) is 121 Å². The molecule has 1 unspecified atom stereocenters. The molecule has 7 aromatic rings. The number of fused-ring (bicyclic) bond motifs is 7. The van der Waals surface area contributed by atoms with Crippen LogP contribution in [0.3, 0.4) is 0 Å². The highest BCUT2D eigenvalue weighted by molar-refractivity contribution is 5.93. The van der Waals surface area contributed by atoms with Crippen LogP contribution in [0.2, 0.25) is 0 Å². The lowest BCUT2D eigenvalue weighted by Crippen LogP contribution is -2.14. The van der Waals surface area contributed by atoms with Crippen LogP contribution in [0, 0.1) is 0 Å². The van der Waals surface area contributed by atoms with Crippen LogP contribution in [-0.2, 0) is 6.42 Å². The molecular weight excluding hydrogens is 637 g/mol. The van der Waals surface area contributed by atoms with E-state index in [1.165, 1.54) is 11.1 Å². The number of benzene rings is 5. The molecule has 0 N–H and O–H groups in total. The Morgan fingerprint density at radius 2 is 1.15 bits per heavy atom. The normalized spacial score (nSPS) is 15.4. The predicted octanol–water partition coefficient (Wildman–Crippen LogP) is 11.1. The van der Waals surface area contributed by atoms with Gasteiger partial charge in [-0.2, -0.15) is 0 Å². The number of aromatic nitrogens is 5. The molecular formula is C46H34N6. The third kappa shape index (κ3) is 5.19. The van der Waals surface area contributed by atoms with E-state index in [1.807, 2.05) is 30.3 Å². The lowest BCUT2D eigenvalue weighted by Gasteiger charge is -2.24. The van der Waals surface area contributed by atoms with Crippen molar-refractivity contribution < 1.29 is 0 Å². The SMILES string of the molecule is C1=CCC(c2ccc(-c3nc(-c4ccccc4)nc(-c4ccc(N5c6ccccc6-c6ccccc6-n6c5nc5c6C=CCC5)cc4)n3)cc2)C=C1. The minimum absolute atomic E-state index is 0.386.